The molecule has 18 heavy (non-hydrogen) atoms. The van der Waals surface area contributed by atoms with Crippen molar-refractivity contribution in [2.24, 2.45) is 0 Å². The Morgan fingerprint density at radius 1 is 1.33 bits per heavy atom. The van der Waals surface area contributed by atoms with Gasteiger partial charge in [0.05, 0.1) is 0 Å². The van der Waals surface area contributed by atoms with Crippen LogP contribution in [0.5, 0.6) is 0 Å². The lowest BCUT2D eigenvalue weighted by Gasteiger charge is -2.20. The summed E-state index contributed by atoms with van der Waals surface area (Å²) in [5.74, 6) is 0. The molecule has 0 bridgehead atoms. The van der Waals surface area contributed by atoms with Crippen molar-refractivity contribution in [3.8, 4) is 0 Å². The van der Waals surface area contributed by atoms with Gasteiger partial charge in [-0.05, 0) is 26.0 Å². The lowest BCUT2D eigenvalue weighted by Crippen LogP contribution is -2.21. The molecule has 5 nitrogen and oxygen atoms in total. The number of carbonyl (C=O) groups is 1. The van der Waals surface area contributed by atoms with Crippen LogP contribution in [0.3, 0.4) is 0 Å². The zero-order valence-electron chi connectivity index (χ0n) is 10.3. The van der Waals surface area contributed by atoms with E-state index in [2.05, 4.69) is 23.7 Å². The van der Waals surface area contributed by atoms with Gasteiger partial charge in [-0.25, -0.2) is 9.78 Å². The quantitative estimate of drug-likeness (QED) is 0.770. The van der Waals surface area contributed by atoms with Gasteiger partial charge in [-0.15, -0.1) is 0 Å². The SMILES string of the molecule is CCN(CC)c1ccc2nc(C=O)c(=O)oc2c1. The van der Waals surface area contributed by atoms with Crippen molar-refractivity contribution in [2.45, 2.75) is 13.8 Å². The fourth-order valence-electron chi connectivity index (χ4n) is 1.86. The van der Waals surface area contributed by atoms with Gasteiger partial charge >= 0.3 is 5.63 Å². The summed E-state index contributed by atoms with van der Waals surface area (Å²) in [4.78, 5) is 28.1. The minimum Gasteiger partial charge on any atom is -0.419 e. The smallest absolute Gasteiger partial charge is 0.365 e. The Labute approximate surface area is 104 Å². The first kappa shape index (κ1) is 12.3. The van der Waals surface area contributed by atoms with E-state index in [-0.39, 0.29) is 5.69 Å². The van der Waals surface area contributed by atoms with E-state index in [1.165, 1.54) is 0 Å². The van der Waals surface area contributed by atoms with Crippen LogP contribution in [0.2, 0.25) is 0 Å². The number of aldehydes is 1. The molecule has 0 amide bonds. The number of hydrogen-bond acceptors (Lipinski definition) is 5. The number of anilines is 1. The summed E-state index contributed by atoms with van der Waals surface area (Å²) in [6.07, 6.45) is 0.406. The second-order valence-electron chi connectivity index (χ2n) is 3.83. The molecule has 2 aromatic rings. The summed E-state index contributed by atoms with van der Waals surface area (Å²) in [5, 5.41) is 0. The average molecular weight is 246 g/mol. The zero-order valence-corrected chi connectivity index (χ0v) is 10.3. The van der Waals surface area contributed by atoms with Crippen LogP contribution in [-0.2, 0) is 0 Å². The molecule has 0 saturated carbocycles. The maximum atomic E-state index is 11.4. The van der Waals surface area contributed by atoms with E-state index < -0.39 is 5.63 Å². The normalized spacial score (nSPS) is 10.6. The minimum absolute atomic E-state index is 0.196. The average Bonchev–Trinajstić information content (AvgIpc) is 2.39. The second kappa shape index (κ2) is 5.00. The van der Waals surface area contributed by atoms with E-state index in [1.807, 2.05) is 6.07 Å². The first-order valence-electron chi connectivity index (χ1n) is 5.84. The Balaban J connectivity index is 2.58. The zero-order chi connectivity index (χ0) is 13.1. The van der Waals surface area contributed by atoms with Crippen LogP contribution in [0.4, 0.5) is 5.69 Å². The molecule has 2 rings (SSSR count). The molecule has 0 aliphatic rings. The van der Waals surface area contributed by atoms with E-state index in [4.69, 9.17) is 4.42 Å². The van der Waals surface area contributed by atoms with Crippen molar-refractivity contribution in [1.29, 1.82) is 0 Å². The highest BCUT2D eigenvalue weighted by atomic mass is 16.4. The van der Waals surface area contributed by atoms with Crippen LogP contribution in [0, 0.1) is 0 Å². The predicted molar refractivity (Wildman–Crippen MR) is 69.2 cm³/mol. The minimum atomic E-state index is -0.700. The molecule has 0 N–H and O–H groups in total. The monoisotopic (exact) mass is 246 g/mol. The molecule has 5 heteroatoms. The Bertz CT molecular complexity index is 630. The van der Waals surface area contributed by atoms with Crippen LogP contribution in [-0.4, -0.2) is 24.4 Å². The van der Waals surface area contributed by atoms with Crippen molar-refractivity contribution in [3.63, 3.8) is 0 Å². The third-order valence-electron chi connectivity index (χ3n) is 2.84. The second-order valence-corrected chi connectivity index (χ2v) is 3.83. The molecule has 0 atom stereocenters. The van der Waals surface area contributed by atoms with Gasteiger partial charge in [0.25, 0.3) is 0 Å². The molecule has 0 spiro atoms. The summed E-state index contributed by atoms with van der Waals surface area (Å²) in [6, 6.07) is 5.42. The van der Waals surface area contributed by atoms with Crippen molar-refractivity contribution in [1.82, 2.24) is 4.98 Å². The summed E-state index contributed by atoms with van der Waals surface area (Å²) < 4.78 is 5.09. The first-order chi connectivity index (χ1) is 8.69. The topological polar surface area (TPSA) is 63.4 Å². The summed E-state index contributed by atoms with van der Waals surface area (Å²) in [7, 11) is 0. The molecular formula is C13H14N2O3. The summed E-state index contributed by atoms with van der Waals surface area (Å²) in [6.45, 7) is 5.84. The van der Waals surface area contributed by atoms with E-state index >= 15 is 0 Å². The number of hydrogen-bond donors (Lipinski definition) is 0. The molecule has 0 radical (unpaired) electrons. The molecule has 0 aliphatic heterocycles. The van der Waals surface area contributed by atoms with Crippen LogP contribution >= 0.6 is 0 Å². The Hall–Kier alpha value is -2.17. The molecule has 1 aromatic heterocycles. The Morgan fingerprint density at radius 3 is 2.67 bits per heavy atom. The largest absolute Gasteiger partial charge is 0.419 e. The van der Waals surface area contributed by atoms with Crippen molar-refractivity contribution >= 4 is 23.1 Å². The number of aromatic nitrogens is 1. The van der Waals surface area contributed by atoms with Gasteiger partial charge in [0.2, 0.25) is 0 Å². The van der Waals surface area contributed by atoms with E-state index in [9.17, 15) is 9.59 Å². The van der Waals surface area contributed by atoms with Crippen LogP contribution in [0.25, 0.3) is 11.1 Å². The molecule has 0 saturated heterocycles. The van der Waals surface area contributed by atoms with Crippen molar-refractivity contribution < 1.29 is 9.21 Å². The summed E-state index contributed by atoms with van der Waals surface area (Å²) >= 11 is 0. The van der Waals surface area contributed by atoms with Crippen molar-refractivity contribution in [3.05, 3.63) is 34.3 Å². The molecule has 1 aromatic carbocycles. The van der Waals surface area contributed by atoms with Gasteiger partial charge in [0.1, 0.15) is 5.52 Å². The van der Waals surface area contributed by atoms with Gasteiger partial charge in [-0.1, -0.05) is 0 Å². The first-order valence-corrected chi connectivity index (χ1v) is 5.84. The molecule has 1 heterocycles. The molecule has 94 valence electrons. The van der Waals surface area contributed by atoms with Gasteiger partial charge in [-0.3, -0.25) is 4.79 Å². The maximum absolute atomic E-state index is 11.4. The van der Waals surface area contributed by atoms with Gasteiger partial charge in [0.15, 0.2) is 17.6 Å². The van der Waals surface area contributed by atoms with Gasteiger partial charge < -0.3 is 9.32 Å². The van der Waals surface area contributed by atoms with E-state index in [1.54, 1.807) is 12.1 Å². The highest BCUT2D eigenvalue weighted by molar-refractivity contribution is 5.80. The third kappa shape index (κ3) is 2.11. The Morgan fingerprint density at radius 2 is 2.06 bits per heavy atom. The molecule has 0 unspecified atom stereocenters. The lowest BCUT2D eigenvalue weighted by molar-refractivity contribution is 0.111. The summed E-state index contributed by atoms with van der Waals surface area (Å²) in [5.41, 5.74) is 0.978. The number of fused-ring (bicyclic) bond motifs is 1. The number of benzene rings is 1. The van der Waals surface area contributed by atoms with Crippen molar-refractivity contribution in [2.75, 3.05) is 18.0 Å². The standard InChI is InChI=1S/C13H14N2O3/c1-3-15(4-2)9-5-6-10-12(7-9)18-13(17)11(8-16)14-10/h5-8H,3-4H2,1-2H3. The van der Waals surface area contributed by atoms with E-state index in [0.29, 0.717) is 17.4 Å². The molecular weight excluding hydrogens is 232 g/mol. The fraction of sp³-hybridized carbons (Fsp3) is 0.308. The number of carbonyl (C=O) groups excluding carboxylic acids is 1. The predicted octanol–water partition coefficient (Wildman–Crippen LogP) is 1.85. The highest BCUT2D eigenvalue weighted by Crippen LogP contribution is 2.19. The third-order valence-corrected chi connectivity index (χ3v) is 2.84. The maximum Gasteiger partial charge on any atom is 0.365 e. The Kier molecular flexibility index (Phi) is 3.41. The molecule has 0 fully saturated rings. The van der Waals surface area contributed by atoms with Crippen LogP contribution in [0.1, 0.15) is 24.3 Å². The lowest BCUT2D eigenvalue weighted by atomic mass is 10.2. The van der Waals surface area contributed by atoms with E-state index in [0.717, 1.165) is 18.8 Å². The number of nitrogens with zero attached hydrogens (tertiary/aromatic N) is 2. The fourth-order valence-corrected chi connectivity index (χ4v) is 1.86. The van der Waals surface area contributed by atoms with Crippen LogP contribution < -0.4 is 10.5 Å². The van der Waals surface area contributed by atoms with Gasteiger partial charge in [0, 0.05) is 24.8 Å². The van der Waals surface area contributed by atoms with Crippen LogP contribution in [0.15, 0.2) is 27.4 Å². The van der Waals surface area contributed by atoms with Gasteiger partial charge in [-0.2, -0.15) is 0 Å². The molecule has 0 aliphatic carbocycles. The number of rotatable bonds is 4. The highest BCUT2D eigenvalue weighted by Gasteiger charge is 2.08.